The number of hydrogen-bond donors (Lipinski definition) is 0. The van der Waals surface area contributed by atoms with Crippen LogP contribution in [0.5, 0.6) is 5.75 Å². The summed E-state index contributed by atoms with van der Waals surface area (Å²) < 4.78 is 51.5. The number of hydrogen-bond acceptors (Lipinski definition) is 5. The molecule has 2 aliphatic heterocycles. The molecule has 2 fully saturated rings. The summed E-state index contributed by atoms with van der Waals surface area (Å²) in [5.74, 6) is -0.0784. The van der Waals surface area contributed by atoms with Crippen LogP contribution < -0.4 is 4.74 Å². The minimum absolute atomic E-state index is 0.158. The molecule has 1 atom stereocenters. The predicted octanol–water partition coefficient (Wildman–Crippen LogP) is 2.98. The van der Waals surface area contributed by atoms with Gasteiger partial charge < -0.3 is 14.4 Å². The molecule has 0 bridgehead atoms. The van der Waals surface area contributed by atoms with Crippen LogP contribution in [-0.2, 0) is 19.6 Å². The maximum absolute atomic E-state index is 13.1. The SMILES string of the molecule is O=C(COc1ccc(S(=O)(=O)N2CCCCC2)cc1)N1CCOC(c2ccc(F)cc2)C1. The molecule has 172 valence electrons. The quantitative estimate of drug-likeness (QED) is 0.660. The first kappa shape index (κ1) is 22.7. The number of carbonyl (C=O) groups is 1. The first-order chi connectivity index (χ1) is 15.4. The van der Waals surface area contributed by atoms with Gasteiger partial charge in [-0.05, 0) is 54.8 Å². The number of halogens is 1. The Labute approximate surface area is 187 Å². The number of nitrogens with zero attached hydrogens (tertiary/aromatic N) is 2. The fraction of sp³-hybridized carbons (Fsp3) is 0.435. The maximum Gasteiger partial charge on any atom is 0.260 e. The van der Waals surface area contributed by atoms with Crippen molar-refractivity contribution in [3.8, 4) is 5.75 Å². The summed E-state index contributed by atoms with van der Waals surface area (Å²) in [6.45, 7) is 2.14. The fourth-order valence-corrected chi connectivity index (χ4v) is 5.47. The van der Waals surface area contributed by atoms with Crippen molar-refractivity contribution < 1.29 is 27.1 Å². The molecule has 0 N–H and O–H groups in total. The summed E-state index contributed by atoms with van der Waals surface area (Å²) in [6, 6.07) is 12.2. The molecule has 2 saturated heterocycles. The van der Waals surface area contributed by atoms with Crippen LogP contribution >= 0.6 is 0 Å². The second-order valence-corrected chi connectivity index (χ2v) is 9.91. The Morgan fingerprint density at radius 2 is 1.69 bits per heavy atom. The van der Waals surface area contributed by atoms with E-state index < -0.39 is 10.0 Å². The van der Waals surface area contributed by atoms with Gasteiger partial charge in [0.05, 0.1) is 18.0 Å². The van der Waals surface area contributed by atoms with Crippen molar-refractivity contribution in [3.63, 3.8) is 0 Å². The summed E-state index contributed by atoms with van der Waals surface area (Å²) in [4.78, 5) is 14.5. The first-order valence-electron chi connectivity index (χ1n) is 10.8. The highest BCUT2D eigenvalue weighted by atomic mass is 32.2. The number of rotatable bonds is 6. The Balaban J connectivity index is 1.32. The molecule has 4 rings (SSSR count). The number of sulfonamides is 1. The highest BCUT2D eigenvalue weighted by Crippen LogP contribution is 2.24. The third-order valence-corrected chi connectivity index (χ3v) is 7.71. The van der Waals surface area contributed by atoms with Gasteiger partial charge in [-0.3, -0.25) is 4.79 Å². The van der Waals surface area contributed by atoms with Gasteiger partial charge in [0.2, 0.25) is 10.0 Å². The van der Waals surface area contributed by atoms with Gasteiger partial charge in [-0.2, -0.15) is 4.31 Å². The van der Waals surface area contributed by atoms with E-state index in [2.05, 4.69) is 0 Å². The van der Waals surface area contributed by atoms with Gasteiger partial charge >= 0.3 is 0 Å². The Kier molecular flexibility index (Phi) is 7.07. The van der Waals surface area contributed by atoms with E-state index in [4.69, 9.17) is 9.47 Å². The molecule has 0 radical (unpaired) electrons. The highest BCUT2D eigenvalue weighted by molar-refractivity contribution is 7.89. The van der Waals surface area contributed by atoms with E-state index in [0.717, 1.165) is 24.8 Å². The highest BCUT2D eigenvalue weighted by Gasteiger charge is 2.27. The number of morpholine rings is 1. The lowest BCUT2D eigenvalue weighted by Crippen LogP contribution is -2.44. The van der Waals surface area contributed by atoms with Gasteiger partial charge in [0.25, 0.3) is 5.91 Å². The number of carbonyl (C=O) groups excluding carboxylic acids is 1. The number of benzene rings is 2. The second kappa shape index (κ2) is 9.97. The lowest BCUT2D eigenvalue weighted by atomic mass is 10.1. The largest absolute Gasteiger partial charge is 0.484 e. The van der Waals surface area contributed by atoms with Crippen LogP contribution in [0.4, 0.5) is 4.39 Å². The van der Waals surface area contributed by atoms with Crippen LogP contribution in [0.3, 0.4) is 0 Å². The Morgan fingerprint density at radius 1 is 1.00 bits per heavy atom. The molecular weight excluding hydrogens is 435 g/mol. The fourth-order valence-electron chi connectivity index (χ4n) is 3.95. The zero-order chi connectivity index (χ0) is 22.6. The van der Waals surface area contributed by atoms with Crippen LogP contribution in [-0.4, -0.2) is 62.9 Å². The first-order valence-corrected chi connectivity index (χ1v) is 12.3. The van der Waals surface area contributed by atoms with Gasteiger partial charge in [-0.25, -0.2) is 12.8 Å². The van der Waals surface area contributed by atoms with E-state index in [-0.39, 0.29) is 29.3 Å². The van der Waals surface area contributed by atoms with E-state index >= 15 is 0 Å². The molecule has 2 aromatic rings. The standard InChI is InChI=1S/C23H27FN2O5S/c24-19-6-4-18(5-7-19)22-16-25(14-15-30-22)23(27)17-31-20-8-10-21(11-9-20)32(28,29)26-12-2-1-3-13-26/h4-11,22H,1-3,12-17H2. The van der Waals surface area contributed by atoms with Gasteiger partial charge in [0.15, 0.2) is 6.61 Å². The average Bonchev–Trinajstić information content (AvgIpc) is 2.84. The third kappa shape index (κ3) is 5.28. The molecule has 9 heteroatoms. The van der Waals surface area contributed by atoms with E-state index in [0.29, 0.717) is 38.5 Å². The van der Waals surface area contributed by atoms with Gasteiger partial charge in [-0.15, -0.1) is 0 Å². The summed E-state index contributed by atoms with van der Waals surface area (Å²) >= 11 is 0. The molecule has 32 heavy (non-hydrogen) atoms. The topological polar surface area (TPSA) is 76.2 Å². The minimum atomic E-state index is -3.50. The third-order valence-electron chi connectivity index (χ3n) is 5.80. The van der Waals surface area contributed by atoms with Crippen LogP contribution in [0.25, 0.3) is 0 Å². The van der Waals surface area contributed by atoms with Crippen molar-refractivity contribution in [1.82, 2.24) is 9.21 Å². The van der Waals surface area contributed by atoms with Crippen LogP contribution in [0.2, 0.25) is 0 Å². The summed E-state index contributed by atoms with van der Waals surface area (Å²) in [5, 5.41) is 0. The van der Waals surface area contributed by atoms with Crippen molar-refractivity contribution in [2.45, 2.75) is 30.3 Å². The molecule has 1 unspecified atom stereocenters. The second-order valence-electron chi connectivity index (χ2n) is 7.98. The maximum atomic E-state index is 13.1. The number of ether oxygens (including phenoxy) is 2. The summed E-state index contributed by atoms with van der Waals surface area (Å²) in [7, 11) is -3.50. The number of amides is 1. The smallest absolute Gasteiger partial charge is 0.260 e. The van der Waals surface area contributed by atoms with Crippen molar-refractivity contribution in [1.29, 1.82) is 0 Å². The van der Waals surface area contributed by atoms with E-state index in [1.54, 1.807) is 29.2 Å². The van der Waals surface area contributed by atoms with E-state index in [1.807, 2.05) is 0 Å². The Morgan fingerprint density at radius 3 is 2.38 bits per heavy atom. The zero-order valence-electron chi connectivity index (χ0n) is 17.8. The van der Waals surface area contributed by atoms with Crippen molar-refractivity contribution in [3.05, 3.63) is 59.9 Å². The van der Waals surface area contributed by atoms with Gasteiger partial charge in [-0.1, -0.05) is 18.6 Å². The van der Waals surface area contributed by atoms with Crippen LogP contribution in [0, 0.1) is 5.82 Å². The molecule has 2 aliphatic rings. The van der Waals surface area contributed by atoms with E-state index in [1.165, 1.54) is 28.6 Å². The molecule has 0 saturated carbocycles. The zero-order valence-corrected chi connectivity index (χ0v) is 18.6. The summed E-state index contributed by atoms with van der Waals surface area (Å²) in [6.07, 6.45) is 2.51. The molecule has 2 heterocycles. The Hall–Kier alpha value is -2.49. The van der Waals surface area contributed by atoms with Crippen molar-refractivity contribution in [2.75, 3.05) is 39.4 Å². The van der Waals surface area contributed by atoms with Gasteiger partial charge in [0, 0.05) is 19.6 Å². The van der Waals surface area contributed by atoms with Crippen LogP contribution in [0.1, 0.15) is 30.9 Å². The van der Waals surface area contributed by atoms with Crippen LogP contribution in [0.15, 0.2) is 53.4 Å². The normalized spacial score (nSPS) is 20.2. The molecular formula is C23H27FN2O5S. The average molecular weight is 463 g/mol. The Bertz CT molecular complexity index is 1020. The van der Waals surface area contributed by atoms with Crippen molar-refractivity contribution in [2.24, 2.45) is 0 Å². The monoisotopic (exact) mass is 462 g/mol. The minimum Gasteiger partial charge on any atom is -0.484 e. The lowest BCUT2D eigenvalue weighted by molar-refractivity contribution is -0.141. The van der Waals surface area contributed by atoms with E-state index in [9.17, 15) is 17.6 Å². The molecule has 0 aromatic heterocycles. The lowest BCUT2D eigenvalue weighted by Gasteiger charge is -2.33. The molecule has 1 amide bonds. The van der Waals surface area contributed by atoms with Crippen molar-refractivity contribution >= 4 is 15.9 Å². The molecule has 0 aliphatic carbocycles. The summed E-state index contributed by atoms with van der Waals surface area (Å²) in [5.41, 5.74) is 0.815. The molecule has 2 aromatic carbocycles. The molecule has 0 spiro atoms. The predicted molar refractivity (Wildman–Crippen MR) is 116 cm³/mol. The molecule has 7 nitrogen and oxygen atoms in total. The van der Waals surface area contributed by atoms with Gasteiger partial charge in [0.1, 0.15) is 17.7 Å². The number of piperidine rings is 1.